The molecule has 1 saturated heterocycles. The molecule has 22 heavy (non-hydrogen) atoms. The minimum absolute atomic E-state index is 0.176. The highest BCUT2D eigenvalue weighted by molar-refractivity contribution is 9.10. The smallest absolute Gasteiger partial charge is 0.221 e. The number of rotatable bonds is 3. The molecule has 2 heterocycles. The Balaban J connectivity index is 2.02. The van der Waals surface area contributed by atoms with Gasteiger partial charge in [-0.15, -0.1) is 0 Å². The van der Waals surface area contributed by atoms with E-state index in [0.717, 1.165) is 26.5 Å². The maximum atomic E-state index is 11.6. The molecule has 0 spiro atoms. The Morgan fingerprint density at radius 2 is 2.00 bits per heavy atom. The Morgan fingerprint density at radius 1 is 1.32 bits per heavy atom. The average molecular weight is 385 g/mol. The topological polar surface area (TPSA) is 93.0 Å². The van der Waals surface area contributed by atoms with Crippen LogP contribution in [0.3, 0.4) is 0 Å². The number of aromatic amines is 1. The molecule has 118 valence electrons. The van der Waals surface area contributed by atoms with Gasteiger partial charge in [-0.2, -0.15) is 0 Å². The summed E-state index contributed by atoms with van der Waals surface area (Å²) in [6, 6.07) is 3.90. The Labute approximate surface area is 137 Å². The van der Waals surface area contributed by atoms with Crippen LogP contribution in [0.5, 0.6) is 0 Å². The molecule has 0 saturated carbocycles. The molecule has 1 aromatic carbocycles. The second-order valence-electron chi connectivity index (χ2n) is 5.80. The molecular formula is C15H17BrN2O3S. The fraction of sp³-hybridized carbons (Fsp3) is 0.400. The van der Waals surface area contributed by atoms with Gasteiger partial charge >= 0.3 is 0 Å². The van der Waals surface area contributed by atoms with Crippen molar-refractivity contribution in [3.05, 3.63) is 33.9 Å². The van der Waals surface area contributed by atoms with Crippen LogP contribution in [-0.4, -0.2) is 30.8 Å². The number of carbonyl (C=O) groups excluding carboxylic acids is 1. The van der Waals surface area contributed by atoms with Gasteiger partial charge < -0.3 is 10.7 Å². The summed E-state index contributed by atoms with van der Waals surface area (Å²) in [4.78, 5) is 14.5. The predicted molar refractivity (Wildman–Crippen MR) is 89.5 cm³/mol. The highest BCUT2D eigenvalue weighted by Gasteiger charge is 2.26. The van der Waals surface area contributed by atoms with E-state index in [1.807, 2.05) is 18.3 Å². The van der Waals surface area contributed by atoms with Crippen LogP contribution in [0.1, 0.15) is 29.9 Å². The molecule has 0 unspecified atom stereocenters. The number of nitrogens with two attached hydrogens (primary N) is 1. The summed E-state index contributed by atoms with van der Waals surface area (Å²) in [5, 5.41) is 1.04. The number of H-pyrrole nitrogens is 1. The van der Waals surface area contributed by atoms with Crippen molar-refractivity contribution in [1.29, 1.82) is 0 Å². The molecule has 1 fully saturated rings. The van der Waals surface area contributed by atoms with Gasteiger partial charge in [-0.3, -0.25) is 4.79 Å². The summed E-state index contributed by atoms with van der Waals surface area (Å²) >= 11 is 3.47. The molecule has 1 aliphatic rings. The monoisotopic (exact) mass is 384 g/mol. The number of hydrogen-bond acceptors (Lipinski definition) is 3. The molecule has 3 N–H and O–H groups in total. The van der Waals surface area contributed by atoms with Crippen molar-refractivity contribution in [3.63, 3.8) is 0 Å². The van der Waals surface area contributed by atoms with Crippen molar-refractivity contribution in [2.75, 3.05) is 11.5 Å². The second kappa shape index (κ2) is 5.70. The number of amides is 1. The van der Waals surface area contributed by atoms with Crippen molar-refractivity contribution in [2.24, 2.45) is 5.73 Å². The van der Waals surface area contributed by atoms with Gasteiger partial charge in [0.2, 0.25) is 5.91 Å². The minimum atomic E-state index is -2.87. The first-order valence-corrected chi connectivity index (χ1v) is 9.75. The number of hydrogen-bond donors (Lipinski definition) is 2. The van der Waals surface area contributed by atoms with Crippen LogP contribution < -0.4 is 5.73 Å². The van der Waals surface area contributed by atoms with Crippen molar-refractivity contribution in [2.45, 2.75) is 25.2 Å². The quantitative estimate of drug-likeness (QED) is 0.849. The van der Waals surface area contributed by atoms with E-state index in [-0.39, 0.29) is 29.8 Å². The van der Waals surface area contributed by atoms with E-state index in [0.29, 0.717) is 12.8 Å². The Morgan fingerprint density at radius 3 is 2.64 bits per heavy atom. The summed E-state index contributed by atoms with van der Waals surface area (Å²) in [7, 11) is -2.87. The van der Waals surface area contributed by atoms with Gasteiger partial charge in [-0.1, -0.05) is 15.9 Å². The molecule has 1 aromatic heterocycles. The number of halogens is 1. The van der Waals surface area contributed by atoms with Gasteiger partial charge in [0.05, 0.1) is 17.9 Å². The third-order valence-corrected chi connectivity index (χ3v) is 6.40. The lowest BCUT2D eigenvalue weighted by molar-refractivity contribution is -0.117. The number of carbonyl (C=O) groups is 1. The van der Waals surface area contributed by atoms with Crippen LogP contribution in [0.2, 0.25) is 0 Å². The standard InChI is InChI=1S/C15H17BrN2O3S/c16-11-5-10(6-14(17)19)15-12(7-11)13(8-18-15)9-1-3-22(20,21)4-2-9/h5,7-9,18H,1-4,6H2,(H2,17,19). The maximum absolute atomic E-state index is 11.6. The maximum Gasteiger partial charge on any atom is 0.221 e. The van der Waals surface area contributed by atoms with Crippen molar-refractivity contribution < 1.29 is 13.2 Å². The zero-order valence-corrected chi connectivity index (χ0v) is 14.3. The second-order valence-corrected chi connectivity index (χ2v) is 9.02. The molecule has 2 aromatic rings. The third kappa shape index (κ3) is 3.05. The number of fused-ring (bicyclic) bond motifs is 1. The number of aromatic nitrogens is 1. The van der Waals surface area contributed by atoms with Gasteiger partial charge in [-0.25, -0.2) is 8.42 Å². The zero-order valence-electron chi connectivity index (χ0n) is 11.9. The Kier molecular flexibility index (Phi) is 4.03. The lowest BCUT2D eigenvalue weighted by Crippen LogP contribution is -2.22. The van der Waals surface area contributed by atoms with E-state index in [4.69, 9.17) is 5.73 Å². The molecule has 1 amide bonds. The summed E-state index contributed by atoms with van der Waals surface area (Å²) < 4.78 is 24.1. The van der Waals surface area contributed by atoms with Crippen LogP contribution >= 0.6 is 15.9 Å². The van der Waals surface area contributed by atoms with Crippen LogP contribution in [0.4, 0.5) is 0 Å². The van der Waals surface area contributed by atoms with Crippen molar-refractivity contribution in [1.82, 2.24) is 4.98 Å². The van der Waals surface area contributed by atoms with Gasteiger partial charge in [0.15, 0.2) is 0 Å². The zero-order chi connectivity index (χ0) is 15.9. The first-order chi connectivity index (χ1) is 10.4. The summed E-state index contributed by atoms with van der Waals surface area (Å²) in [6.07, 6.45) is 3.40. The summed E-state index contributed by atoms with van der Waals surface area (Å²) in [5.74, 6) is 0.339. The fourth-order valence-electron chi connectivity index (χ4n) is 3.16. The molecular weight excluding hydrogens is 368 g/mol. The van der Waals surface area contributed by atoms with E-state index in [9.17, 15) is 13.2 Å². The van der Waals surface area contributed by atoms with E-state index in [1.54, 1.807) is 0 Å². The van der Waals surface area contributed by atoms with Crippen LogP contribution in [-0.2, 0) is 21.1 Å². The van der Waals surface area contributed by atoms with Crippen molar-refractivity contribution >= 4 is 42.6 Å². The number of primary amides is 1. The summed E-state index contributed by atoms with van der Waals surface area (Å²) in [5.41, 5.74) is 8.19. The molecule has 0 radical (unpaired) electrons. The van der Waals surface area contributed by atoms with E-state index < -0.39 is 9.84 Å². The lowest BCUT2D eigenvalue weighted by atomic mass is 9.92. The lowest BCUT2D eigenvalue weighted by Gasteiger charge is -2.21. The Bertz CT molecular complexity index is 828. The van der Waals surface area contributed by atoms with Crippen molar-refractivity contribution in [3.8, 4) is 0 Å². The van der Waals surface area contributed by atoms with Crippen LogP contribution in [0.25, 0.3) is 10.9 Å². The first kappa shape index (κ1) is 15.6. The first-order valence-electron chi connectivity index (χ1n) is 7.14. The van der Waals surface area contributed by atoms with Crippen LogP contribution in [0.15, 0.2) is 22.8 Å². The molecule has 0 atom stereocenters. The molecule has 3 rings (SSSR count). The van der Waals surface area contributed by atoms with Gasteiger partial charge in [0.1, 0.15) is 9.84 Å². The number of sulfone groups is 1. The van der Waals surface area contributed by atoms with Gasteiger partial charge in [-0.05, 0) is 42.0 Å². The molecule has 7 heteroatoms. The molecule has 1 aliphatic heterocycles. The highest BCUT2D eigenvalue weighted by atomic mass is 79.9. The molecule has 0 aliphatic carbocycles. The van der Waals surface area contributed by atoms with Crippen LogP contribution in [0, 0.1) is 0 Å². The predicted octanol–water partition coefficient (Wildman–Crippen LogP) is 2.25. The molecule has 0 bridgehead atoms. The summed E-state index contributed by atoms with van der Waals surface area (Å²) in [6.45, 7) is 0. The molecule has 5 nitrogen and oxygen atoms in total. The van der Waals surface area contributed by atoms with E-state index >= 15 is 0 Å². The highest BCUT2D eigenvalue weighted by Crippen LogP contribution is 2.36. The Hall–Kier alpha value is -1.34. The largest absolute Gasteiger partial charge is 0.369 e. The van der Waals surface area contributed by atoms with Gasteiger partial charge in [0, 0.05) is 21.6 Å². The number of benzene rings is 1. The average Bonchev–Trinajstić information content (AvgIpc) is 2.82. The third-order valence-electron chi connectivity index (χ3n) is 4.23. The minimum Gasteiger partial charge on any atom is -0.369 e. The van der Waals surface area contributed by atoms with E-state index in [2.05, 4.69) is 20.9 Å². The fourth-order valence-corrected chi connectivity index (χ4v) is 5.15. The van der Waals surface area contributed by atoms with E-state index in [1.165, 1.54) is 0 Å². The number of nitrogens with one attached hydrogen (secondary N) is 1. The normalized spacial score (nSPS) is 18.6. The van der Waals surface area contributed by atoms with Gasteiger partial charge in [0.25, 0.3) is 0 Å². The SMILES string of the molecule is NC(=O)Cc1cc(Br)cc2c(C3CCS(=O)(=O)CC3)c[nH]c12.